The highest BCUT2D eigenvalue weighted by Crippen LogP contribution is 2.43. The number of rotatable bonds is 40. The zero-order chi connectivity index (χ0) is 37.7. The van der Waals surface area contributed by atoms with Crippen LogP contribution in [-0.4, -0.2) is 53.7 Å². The van der Waals surface area contributed by atoms with Gasteiger partial charge < -0.3 is 20.5 Å². The molecule has 51 heavy (non-hydrogen) atoms. The monoisotopic (exact) mass is 746 g/mol. The molecule has 0 heterocycles. The number of nitrogens with two attached hydrogens (primary N) is 1. The molecule has 0 spiro atoms. The van der Waals surface area contributed by atoms with E-state index in [2.05, 4.69) is 26.0 Å². The Kier molecular flexibility index (Phi) is 36.4. The van der Waals surface area contributed by atoms with Gasteiger partial charge in [-0.25, -0.2) is 4.57 Å². The number of carbonyl (C=O) groups is 2. The zero-order valence-corrected chi connectivity index (χ0v) is 33.9. The molecule has 0 radical (unpaired) electrons. The topological polar surface area (TPSA) is 145 Å². The van der Waals surface area contributed by atoms with Gasteiger partial charge >= 0.3 is 13.8 Å². The summed E-state index contributed by atoms with van der Waals surface area (Å²) in [4.78, 5) is 35.4. The number of ketones is 1. The van der Waals surface area contributed by atoms with E-state index in [0.29, 0.717) is 12.8 Å². The zero-order valence-electron chi connectivity index (χ0n) is 33.0. The summed E-state index contributed by atoms with van der Waals surface area (Å²) in [5.41, 5.74) is 5.34. The summed E-state index contributed by atoms with van der Waals surface area (Å²) in [6.07, 6.45) is 34.9. The van der Waals surface area contributed by atoms with Crippen molar-refractivity contribution in [1.82, 2.24) is 0 Å². The van der Waals surface area contributed by atoms with Gasteiger partial charge in [0.1, 0.15) is 0 Å². The summed E-state index contributed by atoms with van der Waals surface area (Å²) in [6.45, 7) is 3.67. The number of carbonyl (C=O) groups excluding carboxylic acids is 2. The van der Waals surface area contributed by atoms with Gasteiger partial charge in [-0.05, 0) is 38.5 Å². The van der Waals surface area contributed by atoms with Gasteiger partial charge in [0.25, 0.3) is 0 Å². The molecule has 0 aliphatic rings. The molecule has 0 aliphatic heterocycles. The van der Waals surface area contributed by atoms with Crippen molar-refractivity contribution in [2.24, 2.45) is 5.73 Å². The largest absolute Gasteiger partial charge is 0.472 e. The second-order valence-corrected chi connectivity index (χ2v) is 15.8. The van der Waals surface area contributed by atoms with Crippen LogP contribution in [0.2, 0.25) is 0 Å². The number of aliphatic hydroxyl groups excluding tert-OH is 1. The highest BCUT2D eigenvalue weighted by Gasteiger charge is 2.32. The van der Waals surface area contributed by atoms with E-state index in [9.17, 15) is 24.2 Å². The molecule has 4 N–H and O–H groups in total. The minimum Gasteiger partial charge on any atom is -0.457 e. The molecule has 0 amide bonds. The van der Waals surface area contributed by atoms with Crippen LogP contribution in [0.25, 0.3) is 0 Å². The van der Waals surface area contributed by atoms with E-state index >= 15 is 0 Å². The van der Waals surface area contributed by atoms with Crippen LogP contribution >= 0.6 is 7.82 Å². The third-order valence-corrected chi connectivity index (χ3v) is 10.4. The Balaban J connectivity index is 4.32. The fraction of sp³-hybridized carbons (Fsp3) is 0.902. The first kappa shape index (κ1) is 49.9. The standard InChI is InChI=1S/C41H80NO8P/c1-3-5-7-9-11-13-15-17-19-21-23-25-27-29-31-33-38(43)41(45)39(37-49-51(46,47)48-36-35-42)50-40(44)34-32-30-28-26-24-22-20-18-16-14-12-10-8-6-4-2/h18,20,39,41,45H,3-17,19,21-37,42H2,1-2H3,(H,46,47)/b20-18-/t39-,41?/m0/s1. The van der Waals surface area contributed by atoms with Gasteiger partial charge in [-0.3, -0.25) is 18.6 Å². The molecule has 0 saturated carbocycles. The number of phosphoric acid groups is 1. The van der Waals surface area contributed by atoms with Gasteiger partial charge in [0, 0.05) is 19.4 Å². The molecule has 0 rings (SSSR count). The number of aliphatic hydroxyl groups is 1. The summed E-state index contributed by atoms with van der Waals surface area (Å²) >= 11 is 0. The molecular weight excluding hydrogens is 665 g/mol. The minimum absolute atomic E-state index is 0.0165. The second kappa shape index (κ2) is 37.2. The summed E-state index contributed by atoms with van der Waals surface area (Å²) in [5, 5.41) is 10.8. The molecule has 0 aromatic heterocycles. The maximum absolute atomic E-state index is 12.8. The predicted molar refractivity (Wildman–Crippen MR) is 211 cm³/mol. The van der Waals surface area contributed by atoms with Crippen molar-refractivity contribution in [1.29, 1.82) is 0 Å². The molecule has 0 bridgehead atoms. The first-order valence-electron chi connectivity index (χ1n) is 21.1. The van der Waals surface area contributed by atoms with E-state index in [4.69, 9.17) is 19.5 Å². The van der Waals surface area contributed by atoms with Crippen LogP contribution in [-0.2, 0) is 27.9 Å². The van der Waals surface area contributed by atoms with Crippen LogP contribution in [0.5, 0.6) is 0 Å². The van der Waals surface area contributed by atoms with Crippen molar-refractivity contribution >= 4 is 19.6 Å². The van der Waals surface area contributed by atoms with Crippen molar-refractivity contribution in [2.45, 2.75) is 219 Å². The highest BCUT2D eigenvalue weighted by atomic mass is 31.2. The fourth-order valence-electron chi connectivity index (χ4n) is 6.16. The first-order valence-corrected chi connectivity index (χ1v) is 22.6. The molecule has 9 nitrogen and oxygen atoms in total. The van der Waals surface area contributed by atoms with Crippen molar-refractivity contribution in [3.8, 4) is 0 Å². The van der Waals surface area contributed by atoms with Gasteiger partial charge in [-0.2, -0.15) is 0 Å². The Morgan fingerprint density at radius 3 is 1.43 bits per heavy atom. The summed E-state index contributed by atoms with van der Waals surface area (Å²) in [7, 11) is -4.48. The van der Waals surface area contributed by atoms with Crippen LogP contribution in [0.15, 0.2) is 12.2 Å². The molecule has 10 heteroatoms. The number of ether oxygens (including phenoxy) is 1. The number of allylic oxidation sites excluding steroid dienone is 2. The van der Waals surface area contributed by atoms with E-state index in [-0.39, 0.29) is 26.0 Å². The van der Waals surface area contributed by atoms with E-state index in [0.717, 1.165) is 57.8 Å². The maximum Gasteiger partial charge on any atom is 0.472 e. The Hall–Kier alpha value is -1.09. The molecule has 0 fully saturated rings. The molecule has 0 aliphatic carbocycles. The van der Waals surface area contributed by atoms with Gasteiger partial charge in [-0.15, -0.1) is 0 Å². The molecule has 2 unspecified atom stereocenters. The van der Waals surface area contributed by atoms with Crippen LogP contribution in [0.4, 0.5) is 0 Å². The van der Waals surface area contributed by atoms with E-state index < -0.39 is 38.4 Å². The predicted octanol–water partition coefficient (Wildman–Crippen LogP) is 11.2. The lowest BCUT2D eigenvalue weighted by molar-refractivity contribution is -0.161. The minimum atomic E-state index is -4.48. The van der Waals surface area contributed by atoms with Crippen LogP contribution < -0.4 is 5.73 Å². The lowest BCUT2D eigenvalue weighted by Crippen LogP contribution is -2.40. The van der Waals surface area contributed by atoms with Crippen LogP contribution in [0.3, 0.4) is 0 Å². The third-order valence-electron chi connectivity index (χ3n) is 9.41. The molecule has 3 atom stereocenters. The number of hydrogen-bond acceptors (Lipinski definition) is 8. The summed E-state index contributed by atoms with van der Waals surface area (Å²) in [5.74, 6) is -1.04. The number of Topliss-reactive ketones (excluding diaryl/α,β-unsaturated/α-hetero) is 1. The fourth-order valence-corrected chi connectivity index (χ4v) is 6.90. The van der Waals surface area contributed by atoms with E-state index in [1.807, 2.05) is 0 Å². The number of unbranched alkanes of at least 4 members (excludes halogenated alkanes) is 25. The molecule has 0 saturated heterocycles. The molecular formula is C41H80NO8P. The Morgan fingerprint density at radius 2 is 1.00 bits per heavy atom. The van der Waals surface area contributed by atoms with Gasteiger partial charge in [0.05, 0.1) is 13.2 Å². The number of esters is 1. The van der Waals surface area contributed by atoms with Gasteiger partial charge in [0.15, 0.2) is 18.0 Å². The normalized spacial score (nSPS) is 14.1. The van der Waals surface area contributed by atoms with Crippen molar-refractivity contribution < 1.29 is 37.9 Å². The van der Waals surface area contributed by atoms with Crippen molar-refractivity contribution in [3.05, 3.63) is 12.2 Å². The van der Waals surface area contributed by atoms with Crippen molar-refractivity contribution in [3.63, 3.8) is 0 Å². The Labute approximate surface area is 313 Å². The SMILES string of the molecule is CCCCCCCC/C=C\CCCCCCCC(=O)O[C@@H](COP(=O)(O)OCCN)C(O)C(=O)CCCCCCCCCCCCCCCCC. The smallest absolute Gasteiger partial charge is 0.457 e. The average molecular weight is 746 g/mol. The number of hydrogen-bond donors (Lipinski definition) is 3. The molecule has 302 valence electrons. The second-order valence-electron chi connectivity index (χ2n) is 14.4. The van der Waals surface area contributed by atoms with E-state index in [1.54, 1.807) is 0 Å². The lowest BCUT2D eigenvalue weighted by atomic mass is 10.0. The highest BCUT2D eigenvalue weighted by molar-refractivity contribution is 7.47. The quantitative estimate of drug-likeness (QED) is 0.0241. The summed E-state index contributed by atoms with van der Waals surface area (Å²) < 4.78 is 27.3. The van der Waals surface area contributed by atoms with Crippen molar-refractivity contribution in [2.75, 3.05) is 19.8 Å². The molecule has 0 aromatic carbocycles. The number of phosphoric ester groups is 1. The Bertz CT molecular complexity index is 871. The Morgan fingerprint density at radius 1 is 0.608 bits per heavy atom. The van der Waals surface area contributed by atoms with E-state index in [1.165, 1.54) is 109 Å². The third kappa shape index (κ3) is 34.4. The first-order chi connectivity index (χ1) is 24.8. The van der Waals surface area contributed by atoms with Gasteiger partial charge in [-0.1, -0.05) is 167 Å². The van der Waals surface area contributed by atoms with Crippen LogP contribution in [0.1, 0.15) is 206 Å². The maximum atomic E-state index is 12.8. The lowest BCUT2D eigenvalue weighted by Gasteiger charge is -2.23. The summed E-state index contributed by atoms with van der Waals surface area (Å²) in [6, 6.07) is 0. The average Bonchev–Trinajstić information content (AvgIpc) is 3.12. The van der Waals surface area contributed by atoms with Crippen LogP contribution in [0, 0.1) is 0 Å². The van der Waals surface area contributed by atoms with Gasteiger partial charge in [0.2, 0.25) is 0 Å². The molecule has 0 aromatic rings.